The molecule has 0 saturated heterocycles. The van der Waals surface area contributed by atoms with Crippen LogP contribution in [0.3, 0.4) is 0 Å². The molecule has 2 aromatic carbocycles. The highest BCUT2D eigenvalue weighted by atomic mass is 16.5. The van der Waals surface area contributed by atoms with E-state index in [1.807, 2.05) is 49.4 Å². The Morgan fingerprint density at radius 2 is 2.00 bits per heavy atom. The van der Waals surface area contributed by atoms with Crippen molar-refractivity contribution in [2.24, 2.45) is 4.99 Å². The lowest BCUT2D eigenvalue weighted by molar-refractivity contribution is 0.0526. The largest absolute Gasteiger partial charge is 0.462 e. The second-order valence-electron chi connectivity index (χ2n) is 4.40. The van der Waals surface area contributed by atoms with Crippen molar-refractivity contribution in [3.63, 3.8) is 0 Å². The Kier molecular flexibility index (Phi) is 4.66. The maximum Gasteiger partial charge on any atom is 0.338 e. The predicted octanol–water partition coefficient (Wildman–Crippen LogP) is 3.92. The molecular weight excluding hydrogens is 250 g/mol. The highest BCUT2D eigenvalue weighted by Crippen LogP contribution is 2.15. The first kappa shape index (κ1) is 14.0. The molecule has 0 aliphatic rings. The van der Waals surface area contributed by atoms with Crippen LogP contribution in [0.5, 0.6) is 0 Å². The molecule has 0 spiro atoms. The minimum atomic E-state index is -0.321. The van der Waals surface area contributed by atoms with Crippen LogP contribution in [0, 0.1) is 6.92 Å². The fourth-order valence-electron chi connectivity index (χ4n) is 1.86. The van der Waals surface area contributed by atoms with Crippen LogP contribution in [0.2, 0.25) is 0 Å². The van der Waals surface area contributed by atoms with Gasteiger partial charge in [0.15, 0.2) is 0 Å². The molecule has 0 heterocycles. The number of esters is 1. The summed E-state index contributed by atoms with van der Waals surface area (Å²) < 4.78 is 5.04. The highest BCUT2D eigenvalue weighted by Gasteiger charge is 2.09. The smallest absolute Gasteiger partial charge is 0.338 e. The van der Waals surface area contributed by atoms with Crippen molar-refractivity contribution in [3.05, 3.63) is 65.2 Å². The predicted molar refractivity (Wildman–Crippen MR) is 80.8 cm³/mol. The molecule has 2 rings (SSSR count). The summed E-state index contributed by atoms with van der Waals surface area (Å²) in [4.78, 5) is 16.3. The number of aliphatic imine (C=N–C) groups is 1. The van der Waals surface area contributed by atoms with Crippen LogP contribution >= 0.6 is 0 Å². The number of aryl methyl sites for hydroxylation is 1. The van der Waals surface area contributed by atoms with E-state index in [9.17, 15) is 4.79 Å². The molecule has 0 bridgehead atoms. The Morgan fingerprint density at radius 3 is 2.75 bits per heavy atom. The number of rotatable bonds is 4. The van der Waals surface area contributed by atoms with Crippen LogP contribution < -0.4 is 0 Å². The summed E-state index contributed by atoms with van der Waals surface area (Å²) in [5.74, 6) is -0.321. The van der Waals surface area contributed by atoms with Crippen LogP contribution in [-0.2, 0) is 4.74 Å². The van der Waals surface area contributed by atoms with Crippen molar-refractivity contribution in [3.8, 4) is 0 Å². The van der Waals surface area contributed by atoms with Crippen LogP contribution in [0.25, 0.3) is 0 Å². The first-order chi connectivity index (χ1) is 9.70. The molecule has 0 atom stereocenters. The van der Waals surface area contributed by atoms with Crippen LogP contribution in [-0.4, -0.2) is 18.8 Å². The van der Waals surface area contributed by atoms with Crippen molar-refractivity contribution in [1.29, 1.82) is 0 Å². The Morgan fingerprint density at radius 1 is 1.20 bits per heavy atom. The summed E-state index contributed by atoms with van der Waals surface area (Å²) >= 11 is 0. The second-order valence-corrected chi connectivity index (χ2v) is 4.40. The van der Waals surface area contributed by atoms with E-state index in [1.165, 1.54) is 0 Å². The van der Waals surface area contributed by atoms with E-state index in [0.717, 1.165) is 16.8 Å². The van der Waals surface area contributed by atoms with E-state index < -0.39 is 0 Å². The minimum absolute atomic E-state index is 0.321. The summed E-state index contributed by atoms with van der Waals surface area (Å²) in [6.45, 7) is 4.18. The van der Waals surface area contributed by atoms with Gasteiger partial charge in [-0.25, -0.2) is 4.79 Å². The molecule has 2 aromatic rings. The molecule has 0 N–H and O–H groups in total. The monoisotopic (exact) mass is 267 g/mol. The molecule has 0 unspecified atom stereocenters. The van der Waals surface area contributed by atoms with Crippen molar-refractivity contribution in [2.75, 3.05) is 6.61 Å². The van der Waals surface area contributed by atoms with Crippen LogP contribution in [0.15, 0.2) is 53.5 Å². The lowest BCUT2D eigenvalue weighted by Gasteiger charge is -2.04. The van der Waals surface area contributed by atoms with E-state index in [0.29, 0.717) is 12.2 Å². The van der Waals surface area contributed by atoms with E-state index in [2.05, 4.69) is 4.99 Å². The van der Waals surface area contributed by atoms with E-state index in [4.69, 9.17) is 4.74 Å². The first-order valence-electron chi connectivity index (χ1n) is 6.57. The van der Waals surface area contributed by atoms with Crippen molar-refractivity contribution in [1.82, 2.24) is 0 Å². The third kappa shape index (κ3) is 3.54. The Labute approximate surface area is 118 Å². The zero-order valence-electron chi connectivity index (χ0n) is 11.7. The third-order valence-corrected chi connectivity index (χ3v) is 2.81. The molecule has 3 nitrogen and oxygen atoms in total. The molecular formula is C17H17NO2. The number of carbonyl (C=O) groups is 1. The van der Waals surface area contributed by atoms with Gasteiger partial charge in [0.05, 0.1) is 17.9 Å². The van der Waals surface area contributed by atoms with Gasteiger partial charge >= 0.3 is 5.97 Å². The van der Waals surface area contributed by atoms with E-state index >= 15 is 0 Å². The Hall–Kier alpha value is -2.42. The fraction of sp³-hybridized carbons (Fsp3) is 0.176. The maximum absolute atomic E-state index is 11.8. The summed E-state index contributed by atoms with van der Waals surface area (Å²) in [5.41, 5.74) is 3.31. The summed E-state index contributed by atoms with van der Waals surface area (Å²) in [7, 11) is 0. The standard InChI is InChI=1S/C17H17NO2/c1-3-20-17(19)16-10-5-4-8-14(16)12-18-15-9-6-7-13(2)11-15/h4-12H,3H2,1-2H3. The zero-order valence-corrected chi connectivity index (χ0v) is 11.7. The number of hydrogen-bond donors (Lipinski definition) is 0. The van der Waals surface area contributed by atoms with Gasteiger partial charge in [0, 0.05) is 11.8 Å². The van der Waals surface area contributed by atoms with Gasteiger partial charge in [0.2, 0.25) is 0 Å². The quantitative estimate of drug-likeness (QED) is 0.622. The molecule has 0 aliphatic heterocycles. The number of benzene rings is 2. The molecule has 0 radical (unpaired) electrons. The van der Waals surface area contributed by atoms with Crippen LogP contribution in [0.1, 0.15) is 28.4 Å². The van der Waals surface area contributed by atoms with Gasteiger partial charge in [0.1, 0.15) is 0 Å². The van der Waals surface area contributed by atoms with Gasteiger partial charge in [-0.1, -0.05) is 30.3 Å². The maximum atomic E-state index is 11.8. The number of nitrogens with zero attached hydrogens (tertiary/aromatic N) is 1. The van der Waals surface area contributed by atoms with Crippen molar-refractivity contribution >= 4 is 17.9 Å². The van der Waals surface area contributed by atoms with Gasteiger partial charge in [-0.3, -0.25) is 4.99 Å². The van der Waals surface area contributed by atoms with Gasteiger partial charge in [-0.2, -0.15) is 0 Å². The third-order valence-electron chi connectivity index (χ3n) is 2.81. The minimum Gasteiger partial charge on any atom is -0.462 e. The summed E-state index contributed by atoms with van der Waals surface area (Å²) in [6, 6.07) is 15.2. The molecule has 0 saturated carbocycles. The fourth-order valence-corrected chi connectivity index (χ4v) is 1.86. The lowest BCUT2D eigenvalue weighted by atomic mass is 10.1. The lowest BCUT2D eigenvalue weighted by Crippen LogP contribution is -2.07. The molecule has 0 aromatic heterocycles. The Bertz CT molecular complexity index is 632. The Balaban J connectivity index is 2.27. The van der Waals surface area contributed by atoms with Gasteiger partial charge in [-0.15, -0.1) is 0 Å². The second kappa shape index (κ2) is 6.66. The molecule has 20 heavy (non-hydrogen) atoms. The van der Waals surface area contributed by atoms with Crippen LogP contribution in [0.4, 0.5) is 5.69 Å². The molecule has 3 heteroatoms. The number of carbonyl (C=O) groups excluding carboxylic acids is 1. The molecule has 0 fully saturated rings. The molecule has 0 aliphatic carbocycles. The average Bonchev–Trinajstić information content (AvgIpc) is 2.46. The van der Waals surface area contributed by atoms with E-state index in [-0.39, 0.29) is 5.97 Å². The summed E-state index contributed by atoms with van der Waals surface area (Å²) in [5, 5.41) is 0. The van der Waals surface area contributed by atoms with Crippen molar-refractivity contribution < 1.29 is 9.53 Å². The number of ether oxygens (including phenoxy) is 1. The highest BCUT2D eigenvalue weighted by molar-refractivity contribution is 5.99. The number of hydrogen-bond acceptors (Lipinski definition) is 3. The van der Waals surface area contributed by atoms with E-state index in [1.54, 1.807) is 19.2 Å². The molecule has 0 amide bonds. The average molecular weight is 267 g/mol. The SMILES string of the molecule is CCOC(=O)c1ccccc1C=Nc1cccc(C)c1. The zero-order chi connectivity index (χ0) is 14.4. The topological polar surface area (TPSA) is 38.7 Å². The van der Waals surface area contributed by atoms with Crippen molar-refractivity contribution in [2.45, 2.75) is 13.8 Å². The van der Waals surface area contributed by atoms with Gasteiger partial charge in [0.25, 0.3) is 0 Å². The normalized spacial score (nSPS) is 10.7. The summed E-state index contributed by atoms with van der Waals surface area (Å²) in [6.07, 6.45) is 1.70. The van der Waals surface area contributed by atoms with Gasteiger partial charge < -0.3 is 4.74 Å². The van der Waals surface area contributed by atoms with Gasteiger partial charge in [-0.05, 0) is 37.6 Å². The molecule has 102 valence electrons. The first-order valence-corrected chi connectivity index (χ1v) is 6.57.